The first-order valence-corrected chi connectivity index (χ1v) is 7.05. The van der Waals surface area contributed by atoms with Crippen molar-refractivity contribution in [2.45, 2.75) is 52.1 Å². The van der Waals surface area contributed by atoms with Crippen molar-refractivity contribution in [3.05, 3.63) is 0 Å². The van der Waals surface area contributed by atoms with E-state index in [9.17, 15) is 9.59 Å². The highest BCUT2D eigenvalue weighted by Gasteiger charge is 2.29. The molecule has 110 valence electrons. The van der Waals surface area contributed by atoms with Crippen LogP contribution < -0.4 is 5.32 Å². The van der Waals surface area contributed by atoms with Crippen LogP contribution in [0.5, 0.6) is 0 Å². The molecule has 1 saturated heterocycles. The predicted octanol–water partition coefficient (Wildman–Crippen LogP) is 2.48. The minimum Gasteiger partial charge on any atom is -0.450 e. The third kappa shape index (κ3) is 5.36. The first-order chi connectivity index (χ1) is 9.19. The highest BCUT2D eigenvalue weighted by atomic mass is 16.6. The van der Waals surface area contributed by atoms with Crippen LogP contribution in [0.15, 0.2) is 0 Å². The zero-order chi connectivity index (χ0) is 14.1. The van der Waals surface area contributed by atoms with Crippen LogP contribution in [0.3, 0.4) is 0 Å². The van der Waals surface area contributed by atoms with Crippen molar-refractivity contribution in [1.82, 2.24) is 10.2 Å². The fourth-order valence-corrected chi connectivity index (χ4v) is 1.99. The Morgan fingerprint density at radius 1 is 1.26 bits per heavy atom. The third-order valence-electron chi connectivity index (χ3n) is 3.02. The molecule has 1 aliphatic rings. The predicted molar refractivity (Wildman–Crippen MR) is 70.8 cm³/mol. The van der Waals surface area contributed by atoms with Crippen molar-refractivity contribution in [2.75, 3.05) is 19.8 Å². The SMILES string of the molecule is CCCCOC(=O)NC1CCCCN1C(=O)OCC. The smallest absolute Gasteiger partial charge is 0.411 e. The van der Waals surface area contributed by atoms with Crippen LogP contribution in [0, 0.1) is 0 Å². The van der Waals surface area contributed by atoms with Crippen molar-refractivity contribution in [1.29, 1.82) is 0 Å². The Labute approximate surface area is 114 Å². The summed E-state index contributed by atoms with van der Waals surface area (Å²) in [5, 5.41) is 2.73. The van der Waals surface area contributed by atoms with E-state index in [4.69, 9.17) is 9.47 Å². The Morgan fingerprint density at radius 2 is 2.05 bits per heavy atom. The molecule has 0 aromatic carbocycles. The summed E-state index contributed by atoms with van der Waals surface area (Å²) in [5.41, 5.74) is 0. The standard InChI is InChI=1S/C13H24N2O4/c1-3-5-10-19-12(16)14-11-8-6-7-9-15(11)13(17)18-4-2/h11H,3-10H2,1-2H3,(H,14,16). The average molecular weight is 272 g/mol. The lowest BCUT2D eigenvalue weighted by atomic mass is 10.1. The number of amides is 2. The molecule has 1 atom stereocenters. The zero-order valence-corrected chi connectivity index (χ0v) is 11.8. The maximum Gasteiger partial charge on any atom is 0.411 e. The summed E-state index contributed by atoms with van der Waals surface area (Å²) in [7, 11) is 0. The highest BCUT2D eigenvalue weighted by Crippen LogP contribution is 2.16. The molecule has 1 aliphatic heterocycles. The molecule has 2 amide bonds. The van der Waals surface area contributed by atoms with E-state index in [1.165, 1.54) is 0 Å². The Balaban J connectivity index is 2.43. The second-order valence-corrected chi connectivity index (χ2v) is 4.54. The van der Waals surface area contributed by atoms with Crippen molar-refractivity contribution in [3.8, 4) is 0 Å². The number of ether oxygens (including phenoxy) is 2. The quantitative estimate of drug-likeness (QED) is 0.781. The molecule has 1 unspecified atom stereocenters. The van der Waals surface area contributed by atoms with Gasteiger partial charge in [-0.05, 0) is 32.6 Å². The first kappa shape index (κ1) is 15.6. The zero-order valence-electron chi connectivity index (χ0n) is 11.8. The largest absolute Gasteiger partial charge is 0.450 e. The van der Waals surface area contributed by atoms with E-state index in [0.29, 0.717) is 19.8 Å². The topological polar surface area (TPSA) is 67.9 Å². The molecule has 1 rings (SSSR count). The first-order valence-electron chi connectivity index (χ1n) is 7.05. The summed E-state index contributed by atoms with van der Waals surface area (Å²) < 4.78 is 10.0. The Kier molecular flexibility index (Phi) is 7.07. The van der Waals surface area contributed by atoms with E-state index in [-0.39, 0.29) is 12.3 Å². The van der Waals surface area contributed by atoms with Crippen LogP contribution >= 0.6 is 0 Å². The molecular weight excluding hydrogens is 248 g/mol. The summed E-state index contributed by atoms with van der Waals surface area (Å²) in [4.78, 5) is 24.9. The van der Waals surface area contributed by atoms with Gasteiger partial charge in [-0.1, -0.05) is 13.3 Å². The molecule has 0 saturated carbocycles. The number of hydrogen-bond donors (Lipinski definition) is 1. The summed E-state index contributed by atoms with van der Waals surface area (Å²) >= 11 is 0. The molecule has 6 nitrogen and oxygen atoms in total. The molecule has 6 heteroatoms. The summed E-state index contributed by atoms with van der Waals surface area (Å²) in [6.07, 6.45) is 3.32. The molecule has 0 aliphatic carbocycles. The minimum absolute atomic E-state index is 0.318. The maximum atomic E-state index is 11.8. The second kappa shape index (κ2) is 8.61. The summed E-state index contributed by atoms with van der Waals surface area (Å²) in [5.74, 6) is 0. The van der Waals surface area contributed by atoms with Crippen molar-refractivity contribution in [3.63, 3.8) is 0 Å². The number of carbonyl (C=O) groups excluding carboxylic acids is 2. The molecule has 1 fully saturated rings. The number of hydrogen-bond acceptors (Lipinski definition) is 4. The fraction of sp³-hybridized carbons (Fsp3) is 0.846. The van der Waals surface area contributed by atoms with Gasteiger partial charge in [-0.3, -0.25) is 4.90 Å². The highest BCUT2D eigenvalue weighted by molar-refractivity contribution is 5.71. The Hall–Kier alpha value is -1.46. The number of alkyl carbamates (subject to hydrolysis) is 1. The molecule has 19 heavy (non-hydrogen) atoms. The van der Waals surface area contributed by atoms with Gasteiger partial charge in [0.05, 0.1) is 13.2 Å². The number of piperidine rings is 1. The normalized spacial score (nSPS) is 18.8. The van der Waals surface area contributed by atoms with Crippen molar-refractivity contribution < 1.29 is 19.1 Å². The Morgan fingerprint density at radius 3 is 2.74 bits per heavy atom. The van der Waals surface area contributed by atoms with Gasteiger partial charge in [0.1, 0.15) is 6.17 Å². The molecule has 0 aromatic rings. The molecule has 0 radical (unpaired) electrons. The van der Waals surface area contributed by atoms with Crippen LogP contribution in [0.4, 0.5) is 9.59 Å². The molecular formula is C13H24N2O4. The van der Waals surface area contributed by atoms with Gasteiger partial charge >= 0.3 is 12.2 Å². The van der Waals surface area contributed by atoms with Gasteiger partial charge in [-0.25, -0.2) is 9.59 Å². The van der Waals surface area contributed by atoms with Gasteiger partial charge in [0.2, 0.25) is 0 Å². The Bertz CT molecular complexity index is 296. The van der Waals surface area contributed by atoms with Crippen LogP contribution in [0.2, 0.25) is 0 Å². The van der Waals surface area contributed by atoms with Gasteiger partial charge in [-0.2, -0.15) is 0 Å². The number of likely N-dealkylation sites (tertiary alicyclic amines) is 1. The lowest BCUT2D eigenvalue weighted by molar-refractivity contribution is 0.0628. The minimum atomic E-state index is -0.463. The maximum absolute atomic E-state index is 11.8. The lowest BCUT2D eigenvalue weighted by Crippen LogP contribution is -2.53. The fourth-order valence-electron chi connectivity index (χ4n) is 1.99. The van der Waals surface area contributed by atoms with Gasteiger partial charge in [0.15, 0.2) is 0 Å². The number of nitrogens with one attached hydrogen (secondary N) is 1. The van der Waals surface area contributed by atoms with E-state index in [1.54, 1.807) is 11.8 Å². The molecule has 1 N–H and O–H groups in total. The lowest BCUT2D eigenvalue weighted by Gasteiger charge is -2.34. The monoisotopic (exact) mass is 272 g/mol. The van der Waals surface area contributed by atoms with Gasteiger partial charge in [0.25, 0.3) is 0 Å². The molecule has 1 heterocycles. The van der Waals surface area contributed by atoms with Gasteiger partial charge in [-0.15, -0.1) is 0 Å². The molecule has 0 bridgehead atoms. The summed E-state index contributed by atoms with van der Waals surface area (Å²) in [6, 6.07) is 0. The van der Waals surface area contributed by atoms with Crippen LogP contribution in [0.1, 0.15) is 46.0 Å². The van der Waals surface area contributed by atoms with E-state index in [0.717, 1.165) is 32.1 Å². The van der Waals surface area contributed by atoms with Crippen molar-refractivity contribution >= 4 is 12.2 Å². The number of rotatable bonds is 5. The molecule has 0 spiro atoms. The van der Waals surface area contributed by atoms with Crippen molar-refractivity contribution in [2.24, 2.45) is 0 Å². The van der Waals surface area contributed by atoms with Crippen LogP contribution in [-0.4, -0.2) is 43.0 Å². The van der Waals surface area contributed by atoms with E-state index in [2.05, 4.69) is 5.32 Å². The number of nitrogens with zero attached hydrogens (tertiary/aromatic N) is 1. The van der Waals surface area contributed by atoms with E-state index >= 15 is 0 Å². The second-order valence-electron chi connectivity index (χ2n) is 4.54. The van der Waals surface area contributed by atoms with Gasteiger partial charge < -0.3 is 14.8 Å². The van der Waals surface area contributed by atoms with Crippen LogP contribution in [-0.2, 0) is 9.47 Å². The van der Waals surface area contributed by atoms with E-state index < -0.39 is 6.09 Å². The third-order valence-corrected chi connectivity index (χ3v) is 3.02. The van der Waals surface area contributed by atoms with E-state index in [1.807, 2.05) is 6.92 Å². The van der Waals surface area contributed by atoms with Gasteiger partial charge in [0, 0.05) is 6.54 Å². The number of carbonyl (C=O) groups is 2. The van der Waals surface area contributed by atoms with Crippen LogP contribution in [0.25, 0.3) is 0 Å². The summed E-state index contributed by atoms with van der Waals surface area (Å²) in [6.45, 7) is 5.16. The molecule has 0 aromatic heterocycles. The average Bonchev–Trinajstić information content (AvgIpc) is 2.40. The number of unbranched alkanes of at least 4 members (excludes halogenated alkanes) is 1.